The van der Waals surface area contributed by atoms with Crippen molar-refractivity contribution in [2.45, 2.75) is 13.8 Å². The smallest absolute Gasteiger partial charge is 0.273 e. The van der Waals surface area contributed by atoms with E-state index in [0.717, 1.165) is 43.3 Å². The maximum absolute atomic E-state index is 12.8. The molecule has 0 radical (unpaired) electrons. The third-order valence-corrected chi connectivity index (χ3v) is 5.53. The van der Waals surface area contributed by atoms with Gasteiger partial charge in [-0.3, -0.25) is 9.69 Å². The minimum Gasteiger partial charge on any atom is -0.493 e. The number of rotatable bonds is 6. The van der Waals surface area contributed by atoms with E-state index in [2.05, 4.69) is 23.7 Å². The van der Waals surface area contributed by atoms with Gasteiger partial charge in [-0.1, -0.05) is 13.8 Å². The second kappa shape index (κ2) is 8.71. The van der Waals surface area contributed by atoms with E-state index >= 15 is 0 Å². The SMILES string of the molecule is COc1ccc(-c2nc(C(=O)N3CCN(CC(C)C)CC3)cs2)cc1OC. The van der Waals surface area contributed by atoms with E-state index in [1.165, 1.54) is 11.3 Å². The van der Waals surface area contributed by atoms with Crippen LogP contribution < -0.4 is 9.47 Å². The number of carbonyl (C=O) groups is 1. The molecule has 0 aliphatic carbocycles. The molecule has 2 heterocycles. The van der Waals surface area contributed by atoms with Gasteiger partial charge in [0.1, 0.15) is 10.7 Å². The molecule has 1 saturated heterocycles. The lowest BCUT2D eigenvalue weighted by molar-refractivity contribution is 0.0619. The second-order valence-electron chi connectivity index (χ2n) is 7.09. The summed E-state index contributed by atoms with van der Waals surface area (Å²) in [5, 5.41) is 2.65. The van der Waals surface area contributed by atoms with Crippen molar-refractivity contribution in [2.75, 3.05) is 46.9 Å². The molecular weight excluding hydrogens is 362 g/mol. The molecule has 0 spiro atoms. The number of ether oxygens (including phenoxy) is 2. The summed E-state index contributed by atoms with van der Waals surface area (Å²) in [6, 6.07) is 5.67. The van der Waals surface area contributed by atoms with Crippen LogP contribution in [0.15, 0.2) is 23.6 Å². The predicted molar refractivity (Wildman–Crippen MR) is 108 cm³/mol. The first-order valence-electron chi connectivity index (χ1n) is 9.21. The Morgan fingerprint density at radius 1 is 1.15 bits per heavy atom. The molecule has 7 heteroatoms. The zero-order valence-corrected chi connectivity index (χ0v) is 17.2. The summed E-state index contributed by atoms with van der Waals surface area (Å²) in [5.41, 5.74) is 1.43. The highest BCUT2D eigenvalue weighted by Crippen LogP contribution is 2.33. The molecule has 2 aromatic rings. The highest BCUT2D eigenvalue weighted by Gasteiger charge is 2.24. The first-order valence-corrected chi connectivity index (χ1v) is 10.1. The minimum absolute atomic E-state index is 0.0159. The van der Waals surface area contributed by atoms with Crippen LogP contribution in [0.1, 0.15) is 24.3 Å². The van der Waals surface area contributed by atoms with Gasteiger partial charge in [-0.05, 0) is 24.1 Å². The van der Waals surface area contributed by atoms with Crippen LogP contribution in [-0.4, -0.2) is 67.6 Å². The van der Waals surface area contributed by atoms with E-state index in [9.17, 15) is 4.79 Å². The Kier molecular flexibility index (Phi) is 6.34. The topological polar surface area (TPSA) is 54.9 Å². The second-order valence-corrected chi connectivity index (χ2v) is 7.95. The van der Waals surface area contributed by atoms with Crippen molar-refractivity contribution in [1.82, 2.24) is 14.8 Å². The van der Waals surface area contributed by atoms with Crippen LogP contribution in [0.2, 0.25) is 0 Å². The summed E-state index contributed by atoms with van der Waals surface area (Å²) >= 11 is 1.47. The van der Waals surface area contributed by atoms with Gasteiger partial charge in [-0.25, -0.2) is 4.98 Å². The Bertz CT molecular complexity index is 783. The van der Waals surface area contributed by atoms with E-state index in [1.807, 2.05) is 28.5 Å². The molecule has 1 fully saturated rings. The number of methoxy groups -OCH3 is 2. The van der Waals surface area contributed by atoms with Gasteiger partial charge < -0.3 is 14.4 Å². The predicted octanol–water partition coefficient (Wildman–Crippen LogP) is 3.24. The summed E-state index contributed by atoms with van der Waals surface area (Å²) in [5.74, 6) is 1.99. The Balaban J connectivity index is 1.68. The van der Waals surface area contributed by atoms with Crippen LogP contribution >= 0.6 is 11.3 Å². The van der Waals surface area contributed by atoms with E-state index in [-0.39, 0.29) is 5.91 Å². The van der Waals surface area contributed by atoms with Gasteiger partial charge in [0, 0.05) is 43.7 Å². The normalized spacial score (nSPS) is 15.2. The summed E-state index contributed by atoms with van der Waals surface area (Å²) in [7, 11) is 3.22. The number of amides is 1. The van der Waals surface area contributed by atoms with Crippen LogP contribution in [0.4, 0.5) is 0 Å². The molecule has 6 nitrogen and oxygen atoms in total. The van der Waals surface area contributed by atoms with E-state index in [1.54, 1.807) is 14.2 Å². The lowest BCUT2D eigenvalue weighted by atomic mass is 10.2. The Morgan fingerprint density at radius 2 is 1.85 bits per heavy atom. The molecule has 0 saturated carbocycles. The zero-order valence-electron chi connectivity index (χ0n) is 16.4. The number of nitrogens with zero attached hydrogens (tertiary/aromatic N) is 3. The number of hydrogen-bond donors (Lipinski definition) is 0. The van der Waals surface area contributed by atoms with Gasteiger partial charge in [0.15, 0.2) is 11.5 Å². The van der Waals surface area contributed by atoms with Gasteiger partial charge in [0.25, 0.3) is 5.91 Å². The third-order valence-electron chi connectivity index (χ3n) is 4.64. The Hall–Kier alpha value is -2.12. The molecule has 0 atom stereocenters. The van der Waals surface area contributed by atoms with Gasteiger partial charge >= 0.3 is 0 Å². The van der Waals surface area contributed by atoms with E-state index in [4.69, 9.17) is 9.47 Å². The molecule has 1 aromatic carbocycles. The van der Waals surface area contributed by atoms with Crippen molar-refractivity contribution in [3.8, 4) is 22.1 Å². The van der Waals surface area contributed by atoms with E-state index in [0.29, 0.717) is 23.1 Å². The average Bonchev–Trinajstić information content (AvgIpc) is 3.17. The molecule has 146 valence electrons. The maximum Gasteiger partial charge on any atom is 0.273 e. The minimum atomic E-state index is 0.0159. The van der Waals surface area contributed by atoms with Crippen LogP contribution in [0, 0.1) is 5.92 Å². The highest BCUT2D eigenvalue weighted by atomic mass is 32.1. The van der Waals surface area contributed by atoms with Crippen molar-refractivity contribution in [3.63, 3.8) is 0 Å². The fourth-order valence-corrected chi connectivity index (χ4v) is 4.08. The molecule has 3 rings (SSSR count). The summed E-state index contributed by atoms with van der Waals surface area (Å²) < 4.78 is 10.6. The van der Waals surface area contributed by atoms with Gasteiger partial charge in [-0.2, -0.15) is 0 Å². The van der Waals surface area contributed by atoms with Crippen molar-refractivity contribution in [2.24, 2.45) is 5.92 Å². The number of benzene rings is 1. The molecule has 1 amide bonds. The van der Waals surface area contributed by atoms with Crippen molar-refractivity contribution in [3.05, 3.63) is 29.3 Å². The third kappa shape index (κ3) is 4.59. The fraction of sp³-hybridized carbons (Fsp3) is 0.500. The van der Waals surface area contributed by atoms with Crippen molar-refractivity contribution < 1.29 is 14.3 Å². The van der Waals surface area contributed by atoms with Gasteiger partial charge in [0.05, 0.1) is 14.2 Å². The maximum atomic E-state index is 12.8. The van der Waals surface area contributed by atoms with Crippen molar-refractivity contribution >= 4 is 17.2 Å². The van der Waals surface area contributed by atoms with E-state index < -0.39 is 0 Å². The number of thiazole rings is 1. The Labute approximate surface area is 164 Å². The number of piperazine rings is 1. The molecule has 1 aliphatic heterocycles. The zero-order chi connectivity index (χ0) is 19.4. The molecule has 1 aliphatic rings. The standard InChI is InChI=1S/C20H27N3O3S/c1-14(2)12-22-7-9-23(10-8-22)20(24)16-13-27-19(21-16)15-5-6-17(25-3)18(11-15)26-4/h5-6,11,13-14H,7-10,12H2,1-4H3. The summed E-state index contributed by atoms with van der Waals surface area (Å²) in [4.78, 5) is 21.7. The molecule has 1 aromatic heterocycles. The first-order chi connectivity index (χ1) is 13.0. The molecule has 0 unspecified atom stereocenters. The monoisotopic (exact) mass is 389 g/mol. The Morgan fingerprint density at radius 3 is 2.48 bits per heavy atom. The lowest BCUT2D eigenvalue weighted by Gasteiger charge is -2.35. The average molecular weight is 390 g/mol. The fourth-order valence-electron chi connectivity index (χ4n) is 3.29. The largest absolute Gasteiger partial charge is 0.493 e. The van der Waals surface area contributed by atoms with Crippen LogP contribution in [-0.2, 0) is 0 Å². The van der Waals surface area contributed by atoms with Crippen molar-refractivity contribution in [1.29, 1.82) is 0 Å². The van der Waals surface area contributed by atoms with Gasteiger partial charge in [-0.15, -0.1) is 11.3 Å². The molecule has 27 heavy (non-hydrogen) atoms. The quantitative estimate of drug-likeness (QED) is 0.759. The summed E-state index contributed by atoms with van der Waals surface area (Å²) in [6.07, 6.45) is 0. The molecule has 0 bridgehead atoms. The number of aromatic nitrogens is 1. The van der Waals surface area contributed by atoms with Crippen LogP contribution in [0.25, 0.3) is 10.6 Å². The number of carbonyl (C=O) groups excluding carboxylic acids is 1. The lowest BCUT2D eigenvalue weighted by Crippen LogP contribution is -2.49. The summed E-state index contributed by atoms with van der Waals surface area (Å²) in [6.45, 7) is 8.91. The first kappa shape index (κ1) is 19.6. The van der Waals surface area contributed by atoms with Crippen LogP contribution in [0.3, 0.4) is 0 Å². The van der Waals surface area contributed by atoms with Gasteiger partial charge in [0.2, 0.25) is 0 Å². The molecular formula is C20H27N3O3S. The van der Waals surface area contributed by atoms with Crippen LogP contribution in [0.5, 0.6) is 11.5 Å². The number of hydrogen-bond acceptors (Lipinski definition) is 6. The highest BCUT2D eigenvalue weighted by molar-refractivity contribution is 7.13. The molecule has 0 N–H and O–H groups in total.